The van der Waals surface area contributed by atoms with Crippen molar-refractivity contribution in [1.29, 1.82) is 0 Å². The largest absolute Gasteiger partial charge is 0.504 e. The first kappa shape index (κ1) is 31.0. The van der Waals surface area contributed by atoms with Crippen LogP contribution in [0.3, 0.4) is 0 Å². The molecule has 0 aliphatic carbocycles. The average molecular weight is 587 g/mol. The highest BCUT2D eigenvalue weighted by atomic mass is 16.6. The summed E-state index contributed by atoms with van der Waals surface area (Å²) in [5.41, 5.74) is 2.00. The van der Waals surface area contributed by atoms with E-state index < -0.39 is 24.9 Å². The van der Waals surface area contributed by atoms with Crippen molar-refractivity contribution in [3.8, 4) is 40.2 Å². The fourth-order valence-electron chi connectivity index (χ4n) is 5.30. The lowest BCUT2D eigenvalue weighted by Crippen LogP contribution is -2.29. The number of phenolic OH excluding ortho intramolecular Hbond substituents is 2. The Morgan fingerprint density at radius 1 is 0.810 bits per heavy atom. The summed E-state index contributed by atoms with van der Waals surface area (Å²) in [6.45, 7) is -0.264. The number of hydrogen-bond acceptors (Lipinski definition) is 11. The van der Waals surface area contributed by atoms with E-state index in [2.05, 4.69) is 0 Å². The second kappa shape index (κ2) is 13.8. The molecule has 1 saturated heterocycles. The number of aliphatic hydroxyl groups excluding tert-OH is 3. The molecule has 0 unspecified atom stereocenters. The monoisotopic (exact) mass is 586 g/mol. The molecule has 5 N–H and O–H groups in total. The van der Waals surface area contributed by atoms with Gasteiger partial charge in [0.05, 0.1) is 47.8 Å². The maximum absolute atomic E-state index is 11.0. The van der Waals surface area contributed by atoms with Gasteiger partial charge < -0.3 is 54.0 Å². The fourth-order valence-corrected chi connectivity index (χ4v) is 5.30. The number of phenols is 2. The minimum absolute atomic E-state index is 0.0154. The SMILES string of the molecule is COc1cc(C[C@H]2CO[C@@H](c3cc(OC)c(O[C@H](CO)[C@@H](O)c4ccc(O)c(OC)c4)c(OC)c3)[C@@H]2CO)ccc1O. The van der Waals surface area contributed by atoms with Crippen molar-refractivity contribution < 1.29 is 54.0 Å². The number of rotatable bonds is 13. The summed E-state index contributed by atoms with van der Waals surface area (Å²) in [7, 11) is 5.80. The van der Waals surface area contributed by atoms with Gasteiger partial charge in [0.25, 0.3) is 0 Å². The maximum Gasteiger partial charge on any atom is 0.204 e. The lowest BCUT2D eigenvalue weighted by molar-refractivity contribution is -0.00186. The van der Waals surface area contributed by atoms with E-state index in [0.717, 1.165) is 5.56 Å². The van der Waals surface area contributed by atoms with Crippen LogP contribution in [0.2, 0.25) is 0 Å². The fraction of sp³-hybridized carbons (Fsp3) is 0.419. The highest BCUT2D eigenvalue weighted by molar-refractivity contribution is 5.55. The number of hydrogen-bond donors (Lipinski definition) is 5. The van der Waals surface area contributed by atoms with Crippen LogP contribution in [0, 0.1) is 11.8 Å². The second-order valence-electron chi connectivity index (χ2n) is 10.0. The number of aliphatic hydroxyl groups is 3. The van der Waals surface area contributed by atoms with E-state index in [0.29, 0.717) is 29.9 Å². The predicted octanol–water partition coefficient (Wildman–Crippen LogP) is 3.14. The van der Waals surface area contributed by atoms with E-state index in [4.69, 9.17) is 28.4 Å². The Hall–Kier alpha value is -3.90. The third kappa shape index (κ3) is 6.44. The van der Waals surface area contributed by atoms with Crippen LogP contribution in [0.15, 0.2) is 48.5 Å². The van der Waals surface area contributed by atoms with E-state index in [1.54, 1.807) is 24.3 Å². The zero-order valence-corrected chi connectivity index (χ0v) is 24.0. The Morgan fingerprint density at radius 3 is 1.98 bits per heavy atom. The van der Waals surface area contributed by atoms with E-state index >= 15 is 0 Å². The van der Waals surface area contributed by atoms with Crippen molar-refractivity contribution in [1.82, 2.24) is 0 Å². The van der Waals surface area contributed by atoms with Crippen LogP contribution in [0.4, 0.5) is 0 Å². The molecule has 11 nitrogen and oxygen atoms in total. The van der Waals surface area contributed by atoms with Crippen molar-refractivity contribution in [3.63, 3.8) is 0 Å². The lowest BCUT2D eigenvalue weighted by Gasteiger charge is -2.27. The first-order valence-electron chi connectivity index (χ1n) is 13.4. The van der Waals surface area contributed by atoms with E-state index in [1.807, 2.05) is 6.07 Å². The summed E-state index contributed by atoms with van der Waals surface area (Å²) < 4.78 is 33.8. The maximum atomic E-state index is 11.0. The Balaban J connectivity index is 1.58. The van der Waals surface area contributed by atoms with E-state index in [-0.39, 0.29) is 52.9 Å². The molecular formula is C31H38O11. The third-order valence-corrected chi connectivity index (χ3v) is 7.60. The molecule has 0 aromatic heterocycles. The van der Waals surface area contributed by atoms with Crippen LogP contribution in [0.1, 0.15) is 28.9 Å². The minimum Gasteiger partial charge on any atom is -0.504 e. The molecule has 0 bridgehead atoms. The third-order valence-electron chi connectivity index (χ3n) is 7.60. The van der Waals surface area contributed by atoms with E-state index in [9.17, 15) is 25.5 Å². The first-order valence-corrected chi connectivity index (χ1v) is 13.4. The van der Waals surface area contributed by atoms with Gasteiger partial charge in [-0.3, -0.25) is 0 Å². The van der Waals surface area contributed by atoms with Gasteiger partial charge in [-0.05, 0) is 65.4 Å². The Morgan fingerprint density at radius 2 is 1.40 bits per heavy atom. The number of ether oxygens (including phenoxy) is 6. The molecule has 1 aliphatic rings. The van der Waals surface area contributed by atoms with Gasteiger partial charge in [0.15, 0.2) is 40.6 Å². The van der Waals surface area contributed by atoms with Gasteiger partial charge in [-0.1, -0.05) is 12.1 Å². The predicted molar refractivity (Wildman–Crippen MR) is 152 cm³/mol. The number of aromatic hydroxyl groups is 2. The van der Waals surface area contributed by atoms with Crippen LogP contribution in [0.25, 0.3) is 0 Å². The summed E-state index contributed by atoms with van der Waals surface area (Å²) in [5.74, 6) is 0.982. The van der Waals surface area contributed by atoms with Gasteiger partial charge in [-0.25, -0.2) is 0 Å². The molecule has 0 spiro atoms. The van der Waals surface area contributed by atoms with Gasteiger partial charge in [-0.15, -0.1) is 0 Å². The van der Waals surface area contributed by atoms with Gasteiger partial charge >= 0.3 is 0 Å². The van der Waals surface area contributed by atoms with Gasteiger partial charge in [-0.2, -0.15) is 0 Å². The average Bonchev–Trinajstić information content (AvgIpc) is 3.42. The van der Waals surface area contributed by atoms with Crippen molar-refractivity contribution in [2.45, 2.75) is 24.7 Å². The van der Waals surface area contributed by atoms with E-state index in [1.165, 1.54) is 46.6 Å². The Labute approximate surface area is 244 Å². The van der Waals surface area contributed by atoms with Crippen LogP contribution in [-0.4, -0.2) is 79.9 Å². The molecule has 3 aromatic carbocycles. The summed E-state index contributed by atoms with van der Waals surface area (Å²) in [6, 6.07) is 13.0. The normalized spacial score (nSPS) is 19.6. The molecule has 0 radical (unpaired) electrons. The van der Waals surface area contributed by atoms with Crippen LogP contribution < -0.4 is 23.7 Å². The molecule has 1 aliphatic heterocycles. The molecular weight excluding hydrogens is 548 g/mol. The molecule has 3 aromatic rings. The summed E-state index contributed by atoms with van der Waals surface area (Å²) in [6.07, 6.45) is -2.27. The standard InChI is InChI=1S/C31H38O11/c1-37-24-10-17(5-7-22(24)34)9-20-16-41-30(21(20)14-32)19-12-26(39-3)31(27(13-19)40-4)42-28(15-33)29(36)18-6-8-23(35)25(11-18)38-2/h5-8,10-13,20-21,28-30,32-36H,9,14-16H2,1-4H3/t20-,21+,28+,29-,30-/m0/s1. The molecule has 0 amide bonds. The van der Waals surface area contributed by atoms with Crippen molar-refractivity contribution in [2.75, 3.05) is 48.3 Å². The number of methoxy groups -OCH3 is 4. The highest BCUT2D eigenvalue weighted by Crippen LogP contribution is 2.47. The summed E-state index contributed by atoms with van der Waals surface area (Å²) >= 11 is 0. The van der Waals surface area contributed by atoms with Crippen LogP contribution >= 0.6 is 0 Å². The molecule has 0 saturated carbocycles. The van der Waals surface area contributed by atoms with Gasteiger partial charge in [0.1, 0.15) is 6.10 Å². The highest BCUT2D eigenvalue weighted by Gasteiger charge is 2.39. The molecule has 1 heterocycles. The van der Waals surface area contributed by atoms with Crippen molar-refractivity contribution in [2.24, 2.45) is 11.8 Å². The molecule has 11 heteroatoms. The molecule has 4 rings (SSSR count). The van der Waals surface area contributed by atoms with Crippen LogP contribution in [-0.2, 0) is 11.2 Å². The van der Waals surface area contributed by atoms with Gasteiger partial charge in [0.2, 0.25) is 5.75 Å². The van der Waals surface area contributed by atoms with Gasteiger partial charge in [0, 0.05) is 12.5 Å². The summed E-state index contributed by atoms with van der Waals surface area (Å²) in [5, 5.41) is 51.3. The Bertz CT molecular complexity index is 1320. The second-order valence-corrected chi connectivity index (χ2v) is 10.0. The Kier molecular flexibility index (Phi) is 10.2. The summed E-state index contributed by atoms with van der Waals surface area (Å²) in [4.78, 5) is 0. The molecule has 5 atom stereocenters. The number of benzene rings is 3. The molecule has 228 valence electrons. The topological polar surface area (TPSA) is 157 Å². The zero-order chi connectivity index (χ0) is 30.4. The quantitative estimate of drug-likeness (QED) is 0.200. The minimum atomic E-state index is -1.28. The first-order chi connectivity index (χ1) is 20.3. The molecule has 42 heavy (non-hydrogen) atoms. The zero-order valence-electron chi connectivity index (χ0n) is 24.0. The van der Waals surface area contributed by atoms with Crippen molar-refractivity contribution in [3.05, 3.63) is 65.2 Å². The van der Waals surface area contributed by atoms with Crippen molar-refractivity contribution >= 4 is 0 Å². The lowest BCUT2D eigenvalue weighted by atomic mass is 9.84. The smallest absolute Gasteiger partial charge is 0.204 e. The van der Waals surface area contributed by atoms with Crippen LogP contribution in [0.5, 0.6) is 40.2 Å². The molecule has 1 fully saturated rings.